The summed E-state index contributed by atoms with van der Waals surface area (Å²) in [5.41, 5.74) is 0.301. The Bertz CT molecular complexity index is 490. The van der Waals surface area contributed by atoms with Crippen molar-refractivity contribution in [2.24, 2.45) is 0 Å². The minimum absolute atomic E-state index is 0.129. The van der Waals surface area contributed by atoms with Crippen LogP contribution >= 0.6 is 11.6 Å². The fourth-order valence-corrected chi connectivity index (χ4v) is 2.60. The maximum atomic E-state index is 12.6. The van der Waals surface area contributed by atoms with Gasteiger partial charge in [-0.15, -0.1) is 0 Å². The van der Waals surface area contributed by atoms with Gasteiger partial charge in [-0.2, -0.15) is 0 Å². The fraction of sp³-hybridized carbons (Fsp3) is 0.600. The van der Waals surface area contributed by atoms with E-state index in [4.69, 9.17) is 16.3 Å². The number of pyridine rings is 1. The van der Waals surface area contributed by atoms with Gasteiger partial charge in [-0.05, 0) is 38.8 Å². The highest BCUT2D eigenvalue weighted by atomic mass is 35.5. The molecule has 0 aliphatic carbocycles. The maximum Gasteiger partial charge on any atom is 0.274 e. The molecule has 0 spiro atoms. The number of nitrogens with one attached hydrogen (secondary N) is 1. The molecule has 1 aliphatic rings. The van der Waals surface area contributed by atoms with E-state index in [2.05, 4.69) is 10.3 Å². The van der Waals surface area contributed by atoms with Crippen LogP contribution in [-0.2, 0) is 4.74 Å². The smallest absolute Gasteiger partial charge is 0.274 e. The number of ether oxygens (including phenoxy) is 1. The molecule has 21 heavy (non-hydrogen) atoms. The number of likely N-dealkylation sites (N-methyl/N-ethyl adjacent to an activating group) is 1. The largest absolute Gasteiger partial charge is 0.376 e. The molecule has 1 fully saturated rings. The minimum atomic E-state index is -0.141. The maximum absolute atomic E-state index is 12.6. The first-order valence-electron chi connectivity index (χ1n) is 7.47. The van der Waals surface area contributed by atoms with E-state index in [1.54, 1.807) is 17.0 Å². The second-order valence-electron chi connectivity index (χ2n) is 5.04. The van der Waals surface area contributed by atoms with E-state index < -0.39 is 0 Å². The molecule has 2 rings (SSSR count). The highest BCUT2D eigenvalue weighted by Crippen LogP contribution is 2.20. The second-order valence-corrected chi connectivity index (χ2v) is 5.44. The summed E-state index contributed by atoms with van der Waals surface area (Å²) in [5.74, 6) is 0.524. The normalized spacial score (nSPS) is 17.8. The van der Waals surface area contributed by atoms with E-state index in [0.717, 1.165) is 26.0 Å². The van der Waals surface area contributed by atoms with E-state index in [1.165, 1.54) is 0 Å². The number of aromatic nitrogens is 1. The monoisotopic (exact) mass is 311 g/mol. The van der Waals surface area contributed by atoms with Crippen molar-refractivity contribution < 1.29 is 9.53 Å². The standard InChI is InChI=1S/C15H22ClN3O2/c1-3-17-13-8-7-12(16)14(18-13)15(20)19(4-2)10-11-6-5-9-21-11/h7-8,11H,3-6,9-10H2,1-2H3,(H,17,18). The predicted octanol–water partition coefficient (Wildman–Crippen LogP) is 2.81. The molecule has 1 amide bonds. The van der Waals surface area contributed by atoms with Gasteiger partial charge in [-0.1, -0.05) is 11.6 Å². The Morgan fingerprint density at radius 3 is 2.95 bits per heavy atom. The lowest BCUT2D eigenvalue weighted by Crippen LogP contribution is -2.37. The Hall–Kier alpha value is -1.33. The van der Waals surface area contributed by atoms with Gasteiger partial charge in [0.15, 0.2) is 0 Å². The van der Waals surface area contributed by atoms with Gasteiger partial charge in [0.05, 0.1) is 11.1 Å². The van der Waals surface area contributed by atoms with Gasteiger partial charge in [0, 0.05) is 26.2 Å². The highest BCUT2D eigenvalue weighted by molar-refractivity contribution is 6.33. The average molecular weight is 312 g/mol. The van der Waals surface area contributed by atoms with Crippen LogP contribution in [0.4, 0.5) is 5.82 Å². The average Bonchev–Trinajstić information content (AvgIpc) is 2.99. The van der Waals surface area contributed by atoms with Crippen LogP contribution in [0.3, 0.4) is 0 Å². The lowest BCUT2D eigenvalue weighted by Gasteiger charge is -2.24. The van der Waals surface area contributed by atoms with Gasteiger partial charge in [-0.3, -0.25) is 4.79 Å². The highest BCUT2D eigenvalue weighted by Gasteiger charge is 2.24. The predicted molar refractivity (Wildman–Crippen MR) is 84.0 cm³/mol. The molecule has 6 heteroatoms. The van der Waals surface area contributed by atoms with Crippen molar-refractivity contribution in [3.8, 4) is 0 Å². The Balaban J connectivity index is 2.13. The number of hydrogen-bond acceptors (Lipinski definition) is 4. The summed E-state index contributed by atoms with van der Waals surface area (Å²) in [6.07, 6.45) is 2.19. The zero-order valence-corrected chi connectivity index (χ0v) is 13.3. The third-order valence-electron chi connectivity index (χ3n) is 3.52. The van der Waals surface area contributed by atoms with Gasteiger partial charge >= 0.3 is 0 Å². The number of nitrogens with zero attached hydrogens (tertiary/aromatic N) is 2. The van der Waals surface area contributed by atoms with E-state index in [0.29, 0.717) is 29.6 Å². The van der Waals surface area contributed by atoms with Crippen molar-refractivity contribution >= 4 is 23.3 Å². The second kappa shape index (κ2) is 7.61. The van der Waals surface area contributed by atoms with Crippen LogP contribution in [0.1, 0.15) is 37.2 Å². The number of carbonyl (C=O) groups is 1. The molecule has 2 heterocycles. The molecule has 1 aliphatic heterocycles. The molecule has 0 saturated carbocycles. The van der Waals surface area contributed by atoms with Crippen molar-refractivity contribution in [3.05, 3.63) is 22.8 Å². The summed E-state index contributed by atoms with van der Waals surface area (Å²) < 4.78 is 5.60. The van der Waals surface area contributed by atoms with E-state index in [9.17, 15) is 4.79 Å². The third kappa shape index (κ3) is 4.08. The van der Waals surface area contributed by atoms with Crippen LogP contribution in [0.2, 0.25) is 5.02 Å². The van der Waals surface area contributed by atoms with Crippen LogP contribution in [0.15, 0.2) is 12.1 Å². The third-order valence-corrected chi connectivity index (χ3v) is 3.83. The first-order chi connectivity index (χ1) is 10.2. The Labute approximate surface area is 130 Å². The van der Waals surface area contributed by atoms with Crippen molar-refractivity contribution in [3.63, 3.8) is 0 Å². The van der Waals surface area contributed by atoms with E-state index >= 15 is 0 Å². The van der Waals surface area contributed by atoms with Crippen LogP contribution in [0.25, 0.3) is 0 Å². The van der Waals surface area contributed by atoms with Gasteiger partial charge in [0.2, 0.25) is 0 Å². The zero-order chi connectivity index (χ0) is 15.2. The summed E-state index contributed by atoms with van der Waals surface area (Å²) >= 11 is 6.14. The summed E-state index contributed by atoms with van der Waals surface area (Å²) in [6.45, 7) is 6.67. The first kappa shape index (κ1) is 16.0. The fourth-order valence-electron chi connectivity index (χ4n) is 2.41. The van der Waals surface area contributed by atoms with Gasteiger partial charge in [0.25, 0.3) is 5.91 Å². The molecule has 0 aromatic carbocycles. The van der Waals surface area contributed by atoms with Crippen LogP contribution in [0.5, 0.6) is 0 Å². The molecule has 1 unspecified atom stereocenters. The Morgan fingerprint density at radius 1 is 1.52 bits per heavy atom. The number of hydrogen-bond donors (Lipinski definition) is 1. The molecule has 116 valence electrons. The zero-order valence-electron chi connectivity index (χ0n) is 12.6. The van der Waals surface area contributed by atoms with Gasteiger partial charge in [0.1, 0.15) is 11.5 Å². The summed E-state index contributed by atoms with van der Waals surface area (Å²) in [5, 5.41) is 3.48. The number of rotatable bonds is 6. The molecule has 0 bridgehead atoms. The molecule has 1 saturated heterocycles. The molecule has 0 radical (unpaired) electrons. The first-order valence-corrected chi connectivity index (χ1v) is 7.84. The van der Waals surface area contributed by atoms with Crippen molar-refractivity contribution in [1.82, 2.24) is 9.88 Å². The lowest BCUT2D eigenvalue weighted by atomic mass is 10.2. The van der Waals surface area contributed by atoms with Crippen LogP contribution < -0.4 is 5.32 Å². The number of anilines is 1. The van der Waals surface area contributed by atoms with E-state index in [1.807, 2.05) is 13.8 Å². The molecule has 1 aromatic heterocycles. The minimum Gasteiger partial charge on any atom is -0.376 e. The van der Waals surface area contributed by atoms with Gasteiger partial charge < -0.3 is 15.0 Å². The SMILES string of the molecule is CCNc1ccc(Cl)c(C(=O)N(CC)CC2CCCO2)n1. The number of halogens is 1. The van der Waals surface area contributed by atoms with Gasteiger partial charge in [-0.25, -0.2) is 4.98 Å². The Kier molecular flexibility index (Phi) is 5.82. The van der Waals surface area contributed by atoms with Crippen molar-refractivity contribution in [2.75, 3.05) is 31.6 Å². The Morgan fingerprint density at radius 2 is 2.33 bits per heavy atom. The summed E-state index contributed by atoms with van der Waals surface area (Å²) in [7, 11) is 0. The summed E-state index contributed by atoms with van der Waals surface area (Å²) in [6, 6.07) is 3.48. The van der Waals surface area contributed by atoms with E-state index in [-0.39, 0.29) is 12.0 Å². The number of amides is 1. The molecular weight excluding hydrogens is 290 g/mol. The quantitative estimate of drug-likeness (QED) is 0.877. The van der Waals surface area contributed by atoms with Crippen molar-refractivity contribution in [2.45, 2.75) is 32.8 Å². The lowest BCUT2D eigenvalue weighted by molar-refractivity contribution is 0.0535. The molecular formula is C15H22ClN3O2. The molecule has 1 N–H and O–H groups in total. The van der Waals surface area contributed by atoms with Crippen LogP contribution in [-0.4, -0.2) is 48.1 Å². The molecule has 1 atom stereocenters. The van der Waals surface area contributed by atoms with Crippen LogP contribution in [0, 0.1) is 0 Å². The molecule has 1 aromatic rings. The topological polar surface area (TPSA) is 54.5 Å². The summed E-state index contributed by atoms with van der Waals surface area (Å²) in [4.78, 5) is 18.7. The number of carbonyl (C=O) groups excluding carboxylic acids is 1. The molecule has 5 nitrogen and oxygen atoms in total. The van der Waals surface area contributed by atoms with Crippen molar-refractivity contribution in [1.29, 1.82) is 0 Å².